The second kappa shape index (κ2) is 4.75. The van der Waals surface area contributed by atoms with Crippen molar-refractivity contribution in [3.05, 3.63) is 33.0 Å². The highest BCUT2D eigenvalue weighted by Gasteiger charge is 2.22. The van der Waals surface area contributed by atoms with E-state index in [0.29, 0.717) is 0 Å². The molecule has 1 unspecified atom stereocenters. The van der Waals surface area contributed by atoms with Gasteiger partial charge in [-0.3, -0.25) is 0 Å². The van der Waals surface area contributed by atoms with E-state index in [1.807, 2.05) is 6.07 Å². The summed E-state index contributed by atoms with van der Waals surface area (Å²) in [5, 5.41) is 12.0. The minimum atomic E-state index is 0.260. The molecule has 94 valence electrons. The molecule has 6 heteroatoms. The second-order valence-electron chi connectivity index (χ2n) is 4.37. The third-order valence-corrected chi connectivity index (χ3v) is 3.99. The Balaban J connectivity index is 2.12. The van der Waals surface area contributed by atoms with Crippen LogP contribution in [0.15, 0.2) is 27.1 Å². The number of rotatable bonds is 1. The number of halogens is 2. The van der Waals surface area contributed by atoms with Gasteiger partial charge in [0, 0.05) is 27.6 Å². The quantitative estimate of drug-likeness (QED) is 0.837. The van der Waals surface area contributed by atoms with Crippen LogP contribution in [0.3, 0.4) is 0 Å². The number of hydrogen-bond acceptors (Lipinski definition) is 3. The van der Waals surface area contributed by atoms with E-state index in [0.717, 1.165) is 39.2 Å². The minimum absolute atomic E-state index is 0.260. The van der Waals surface area contributed by atoms with E-state index in [4.69, 9.17) is 0 Å². The number of benzene rings is 1. The standard InChI is InChI=1S/C12H12Br2N4/c1-7-11-16-17-12(18(11)3-2-15-7)8-4-9(13)6-10(14)5-8/h4-7,15H,2-3H2,1H3. The molecule has 0 fully saturated rings. The maximum absolute atomic E-state index is 4.33. The molecular formula is C12H12Br2N4. The third-order valence-electron chi connectivity index (χ3n) is 3.07. The third kappa shape index (κ3) is 2.13. The molecule has 3 rings (SSSR count). The first-order chi connectivity index (χ1) is 8.65. The summed E-state index contributed by atoms with van der Waals surface area (Å²) >= 11 is 7.01. The van der Waals surface area contributed by atoms with Gasteiger partial charge in [-0.1, -0.05) is 31.9 Å². The molecule has 0 saturated heterocycles. The van der Waals surface area contributed by atoms with Crippen LogP contribution in [0.2, 0.25) is 0 Å². The van der Waals surface area contributed by atoms with Crippen LogP contribution in [0.1, 0.15) is 18.8 Å². The number of hydrogen-bond donors (Lipinski definition) is 1. The van der Waals surface area contributed by atoms with Gasteiger partial charge in [0.15, 0.2) is 5.82 Å². The fourth-order valence-electron chi connectivity index (χ4n) is 2.24. The summed E-state index contributed by atoms with van der Waals surface area (Å²) in [7, 11) is 0. The molecule has 1 N–H and O–H groups in total. The lowest BCUT2D eigenvalue weighted by Gasteiger charge is -2.22. The van der Waals surface area contributed by atoms with Crippen molar-refractivity contribution in [1.29, 1.82) is 0 Å². The Kier molecular flexibility index (Phi) is 3.25. The fourth-order valence-corrected chi connectivity index (χ4v) is 3.53. The number of fused-ring (bicyclic) bond motifs is 1. The van der Waals surface area contributed by atoms with Crippen LogP contribution in [0.25, 0.3) is 11.4 Å². The lowest BCUT2D eigenvalue weighted by Crippen LogP contribution is -2.32. The predicted molar refractivity (Wildman–Crippen MR) is 77.3 cm³/mol. The Morgan fingerprint density at radius 3 is 2.67 bits per heavy atom. The summed E-state index contributed by atoms with van der Waals surface area (Å²) in [6.45, 7) is 3.97. The molecule has 1 aromatic carbocycles. The minimum Gasteiger partial charge on any atom is -0.308 e. The number of nitrogens with one attached hydrogen (secondary N) is 1. The van der Waals surface area contributed by atoms with Gasteiger partial charge in [-0.15, -0.1) is 10.2 Å². The van der Waals surface area contributed by atoms with Crippen molar-refractivity contribution in [3.8, 4) is 11.4 Å². The SMILES string of the molecule is CC1NCCn2c(-c3cc(Br)cc(Br)c3)nnc21. The molecule has 1 atom stereocenters. The van der Waals surface area contributed by atoms with Crippen molar-refractivity contribution < 1.29 is 0 Å². The van der Waals surface area contributed by atoms with E-state index in [-0.39, 0.29) is 6.04 Å². The van der Waals surface area contributed by atoms with Gasteiger partial charge in [0.2, 0.25) is 0 Å². The van der Waals surface area contributed by atoms with Gasteiger partial charge < -0.3 is 9.88 Å². The second-order valence-corrected chi connectivity index (χ2v) is 6.20. The summed E-state index contributed by atoms with van der Waals surface area (Å²) in [4.78, 5) is 0. The van der Waals surface area contributed by atoms with Gasteiger partial charge in [-0.05, 0) is 25.1 Å². The fraction of sp³-hybridized carbons (Fsp3) is 0.333. The molecule has 0 radical (unpaired) electrons. The maximum Gasteiger partial charge on any atom is 0.164 e. The van der Waals surface area contributed by atoms with Gasteiger partial charge in [0.1, 0.15) is 5.82 Å². The van der Waals surface area contributed by atoms with Gasteiger partial charge in [-0.25, -0.2) is 0 Å². The van der Waals surface area contributed by atoms with Crippen LogP contribution in [0.4, 0.5) is 0 Å². The van der Waals surface area contributed by atoms with E-state index in [2.05, 4.69) is 71.0 Å². The Morgan fingerprint density at radius 2 is 1.94 bits per heavy atom. The molecule has 0 amide bonds. The number of aromatic nitrogens is 3. The van der Waals surface area contributed by atoms with Gasteiger partial charge >= 0.3 is 0 Å². The van der Waals surface area contributed by atoms with Crippen LogP contribution in [-0.4, -0.2) is 21.3 Å². The molecule has 0 saturated carbocycles. The highest BCUT2D eigenvalue weighted by Crippen LogP contribution is 2.28. The van der Waals surface area contributed by atoms with E-state index in [9.17, 15) is 0 Å². The topological polar surface area (TPSA) is 42.7 Å². The molecule has 18 heavy (non-hydrogen) atoms. The largest absolute Gasteiger partial charge is 0.308 e. The van der Waals surface area contributed by atoms with Gasteiger partial charge in [-0.2, -0.15) is 0 Å². The van der Waals surface area contributed by atoms with Crippen molar-refractivity contribution in [2.45, 2.75) is 19.5 Å². The predicted octanol–water partition coefficient (Wildman–Crippen LogP) is 3.13. The normalized spacial score (nSPS) is 18.7. The van der Waals surface area contributed by atoms with Crippen molar-refractivity contribution in [2.75, 3.05) is 6.54 Å². The summed E-state index contributed by atoms with van der Waals surface area (Å²) in [6, 6.07) is 6.40. The lowest BCUT2D eigenvalue weighted by atomic mass is 10.2. The molecule has 1 aliphatic rings. The zero-order valence-electron chi connectivity index (χ0n) is 9.82. The monoisotopic (exact) mass is 370 g/mol. The van der Waals surface area contributed by atoms with Crippen LogP contribution >= 0.6 is 31.9 Å². The van der Waals surface area contributed by atoms with E-state index >= 15 is 0 Å². The molecule has 4 nitrogen and oxygen atoms in total. The molecule has 1 aliphatic heterocycles. The van der Waals surface area contributed by atoms with Crippen molar-refractivity contribution in [2.24, 2.45) is 0 Å². The Bertz CT molecular complexity index is 574. The first-order valence-corrected chi connectivity index (χ1v) is 7.36. The van der Waals surface area contributed by atoms with E-state index in [1.165, 1.54) is 0 Å². The number of nitrogens with zero attached hydrogens (tertiary/aromatic N) is 3. The Hall–Kier alpha value is -0.720. The zero-order chi connectivity index (χ0) is 12.7. The van der Waals surface area contributed by atoms with Crippen molar-refractivity contribution in [3.63, 3.8) is 0 Å². The van der Waals surface area contributed by atoms with Crippen LogP contribution in [0.5, 0.6) is 0 Å². The average Bonchev–Trinajstić information content (AvgIpc) is 2.73. The van der Waals surface area contributed by atoms with Crippen molar-refractivity contribution >= 4 is 31.9 Å². The van der Waals surface area contributed by atoms with E-state index in [1.54, 1.807) is 0 Å². The summed E-state index contributed by atoms with van der Waals surface area (Å²) in [5.74, 6) is 1.94. The maximum atomic E-state index is 4.33. The molecule has 0 spiro atoms. The molecule has 0 bridgehead atoms. The lowest BCUT2D eigenvalue weighted by molar-refractivity contribution is 0.439. The van der Waals surface area contributed by atoms with E-state index < -0.39 is 0 Å². The summed E-state index contributed by atoms with van der Waals surface area (Å²) < 4.78 is 4.26. The van der Waals surface area contributed by atoms with Crippen molar-refractivity contribution in [1.82, 2.24) is 20.1 Å². The smallest absolute Gasteiger partial charge is 0.164 e. The highest BCUT2D eigenvalue weighted by molar-refractivity contribution is 9.11. The average molecular weight is 372 g/mol. The summed E-state index contributed by atoms with van der Waals surface area (Å²) in [6.07, 6.45) is 0. The molecule has 2 aromatic rings. The highest BCUT2D eigenvalue weighted by atomic mass is 79.9. The Labute approximate surface area is 122 Å². The molecule has 1 aromatic heterocycles. The van der Waals surface area contributed by atoms with Crippen LogP contribution in [-0.2, 0) is 6.54 Å². The van der Waals surface area contributed by atoms with Gasteiger partial charge in [0.25, 0.3) is 0 Å². The van der Waals surface area contributed by atoms with Crippen LogP contribution in [0, 0.1) is 0 Å². The first kappa shape index (κ1) is 12.3. The van der Waals surface area contributed by atoms with Crippen LogP contribution < -0.4 is 5.32 Å². The molecular weight excluding hydrogens is 360 g/mol. The zero-order valence-corrected chi connectivity index (χ0v) is 13.0. The first-order valence-electron chi connectivity index (χ1n) is 5.78. The molecule has 0 aliphatic carbocycles. The Morgan fingerprint density at radius 1 is 1.22 bits per heavy atom. The summed E-state index contributed by atoms with van der Waals surface area (Å²) in [5.41, 5.74) is 1.07. The van der Waals surface area contributed by atoms with Gasteiger partial charge in [0.05, 0.1) is 6.04 Å². The molecule has 2 heterocycles.